The van der Waals surface area contributed by atoms with E-state index in [1.165, 1.54) is 0 Å². The highest BCUT2D eigenvalue weighted by molar-refractivity contribution is 6.00. The Labute approximate surface area is 172 Å². The van der Waals surface area contributed by atoms with Crippen molar-refractivity contribution >= 4 is 29.1 Å². The molecule has 3 amide bonds. The lowest BCUT2D eigenvalue weighted by Gasteiger charge is -2.33. The molecule has 0 saturated carbocycles. The zero-order chi connectivity index (χ0) is 21.7. The summed E-state index contributed by atoms with van der Waals surface area (Å²) < 4.78 is 26.5. The van der Waals surface area contributed by atoms with Crippen LogP contribution in [0, 0.1) is 17.6 Å². The molecule has 0 atom stereocenters. The van der Waals surface area contributed by atoms with Gasteiger partial charge in [-0.05, 0) is 37.1 Å². The van der Waals surface area contributed by atoms with Crippen LogP contribution in [0.15, 0.2) is 42.5 Å². The van der Waals surface area contributed by atoms with Crippen LogP contribution in [0.5, 0.6) is 0 Å². The number of anilines is 2. The van der Waals surface area contributed by atoms with Gasteiger partial charge < -0.3 is 21.3 Å². The van der Waals surface area contributed by atoms with Crippen molar-refractivity contribution in [3.8, 4) is 0 Å². The number of halogens is 2. The Hall–Kier alpha value is -3.49. The van der Waals surface area contributed by atoms with E-state index < -0.39 is 23.4 Å². The Kier molecular flexibility index (Phi) is 6.61. The van der Waals surface area contributed by atoms with Crippen molar-refractivity contribution in [1.82, 2.24) is 5.32 Å². The van der Waals surface area contributed by atoms with Gasteiger partial charge in [0, 0.05) is 30.6 Å². The van der Waals surface area contributed by atoms with Crippen LogP contribution < -0.4 is 21.3 Å². The smallest absolute Gasteiger partial charge is 0.251 e. The lowest BCUT2D eigenvalue weighted by molar-refractivity contribution is -0.122. The van der Waals surface area contributed by atoms with Gasteiger partial charge in [0.05, 0.1) is 17.9 Å². The summed E-state index contributed by atoms with van der Waals surface area (Å²) in [7, 11) is 0. The molecule has 2 aromatic carbocycles. The van der Waals surface area contributed by atoms with Gasteiger partial charge in [-0.1, -0.05) is 12.1 Å². The van der Waals surface area contributed by atoms with Gasteiger partial charge in [-0.3, -0.25) is 14.4 Å². The molecule has 3 rings (SSSR count). The van der Waals surface area contributed by atoms with Crippen LogP contribution in [-0.4, -0.2) is 37.4 Å². The Balaban J connectivity index is 1.59. The first-order valence-corrected chi connectivity index (χ1v) is 9.51. The standard InChI is InChI=1S/C21H22F2N4O3/c22-15-9-14(10-16(23)11-15)21(30)25-12-19(28)26-17-3-1-2-4-18(17)27-7-5-13(6-8-27)20(24)29/h1-4,9-11,13H,5-8,12H2,(H2,24,29)(H,25,30)(H,26,28). The molecule has 158 valence electrons. The summed E-state index contributed by atoms with van der Waals surface area (Å²) in [6.45, 7) is 0.889. The van der Waals surface area contributed by atoms with Crippen LogP contribution in [0.25, 0.3) is 0 Å². The van der Waals surface area contributed by atoms with Crippen molar-refractivity contribution in [2.24, 2.45) is 11.7 Å². The van der Waals surface area contributed by atoms with E-state index in [0.717, 1.165) is 17.8 Å². The van der Waals surface area contributed by atoms with Gasteiger partial charge in [0.15, 0.2) is 0 Å². The molecule has 0 unspecified atom stereocenters. The minimum absolute atomic E-state index is 0.147. The van der Waals surface area contributed by atoms with Gasteiger partial charge in [0.1, 0.15) is 11.6 Å². The molecule has 1 saturated heterocycles. The van der Waals surface area contributed by atoms with Crippen LogP contribution in [0.1, 0.15) is 23.2 Å². The maximum atomic E-state index is 13.2. The molecule has 0 aromatic heterocycles. The van der Waals surface area contributed by atoms with E-state index in [9.17, 15) is 23.2 Å². The van der Waals surface area contributed by atoms with Gasteiger partial charge in [-0.25, -0.2) is 8.78 Å². The van der Waals surface area contributed by atoms with E-state index in [1.807, 2.05) is 12.1 Å². The normalized spacial score (nSPS) is 14.3. The summed E-state index contributed by atoms with van der Waals surface area (Å²) in [5, 5.41) is 5.08. The van der Waals surface area contributed by atoms with Crippen LogP contribution in [0.3, 0.4) is 0 Å². The number of rotatable bonds is 6. The Morgan fingerprint density at radius 2 is 1.67 bits per heavy atom. The number of nitrogens with zero attached hydrogens (tertiary/aromatic N) is 1. The molecule has 7 nitrogen and oxygen atoms in total. The number of piperidine rings is 1. The van der Waals surface area contributed by atoms with Crippen molar-refractivity contribution in [3.05, 3.63) is 59.7 Å². The third-order valence-corrected chi connectivity index (χ3v) is 4.95. The molecule has 0 bridgehead atoms. The van der Waals surface area contributed by atoms with Crippen molar-refractivity contribution in [1.29, 1.82) is 0 Å². The predicted octanol–water partition coefficient (Wildman–Crippen LogP) is 2.03. The second-order valence-electron chi connectivity index (χ2n) is 7.07. The highest BCUT2D eigenvalue weighted by Crippen LogP contribution is 2.29. The zero-order valence-corrected chi connectivity index (χ0v) is 16.2. The molecule has 2 aromatic rings. The molecule has 1 fully saturated rings. The lowest BCUT2D eigenvalue weighted by Crippen LogP contribution is -2.39. The second kappa shape index (κ2) is 9.34. The van der Waals surface area contributed by atoms with Crippen molar-refractivity contribution in [3.63, 3.8) is 0 Å². The number of carbonyl (C=O) groups excluding carboxylic acids is 3. The van der Waals surface area contributed by atoms with Crippen LogP contribution >= 0.6 is 0 Å². The molecule has 4 N–H and O–H groups in total. The Morgan fingerprint density at radius 3 is 2.30 bits per heavy atom. The van der Waals surface area contributed by atoms with Crippen LogP contribution in [0.2, 0.25) is 0 Å². The summed E-state index contributed by atoms with van der Waals surface area (Å²) in [4.78, 5) is 37.7. The fourth-order valence-corrected chi connectivity index (χ4v) is 3.40. The third-order valence-electron chi connectivity index (χ3n) is 4.95. The maximum Gasteiger partial charge on any atom is 0.251 e. The molecule has 9 heteroatoms. The van der Waals surface area contributed by atoms with E-state index in [0.29, 0.717) is 37.7 Å². The molecular formula is C21H22F2N4O3. The Bertz CT molecular complexity index is 939. The van der Waals surface area contributed by atoms with E-state index in [4.69, 9.17) is 5.73 Å². The topological polar surface area (TPSA) is 105 Å². The van der Waals surface area contributed by atoms with E-state index in [-0.39, 0.29) is 23.9 Å². The first-order valence-electron chi connectivity index (χ1n) is 9.51. The summed E-state index contributed by atoms with van der Waals surface area (Å²) >= 11 is 0. The monoisotopic (exact) mass is 416 g/mol. The number of nitrogens with two attached hydrogens (primary N) is 1. The number of nitrogens with one attached hydrogen (secondary N) is 2. The molecule has 30 heavy (non-hydrogen) atoms. The molecule has 0 radical (unpaired) electrons. The van der Waals surface area contributed by atoms with Crippen molar-refractivity contribution in [2.45, 2.75) is 12.8 Å². The fraction of sp³-hybridized carbons (Fsp3) is 0.286. The van der Waals surface area contributed by atoms with E-state index in [1.54, 1.807) is 12.1 Å². The maximum absolute atomic E-state index is 13.2. The number of para-hydroxylation sites is 2. The van der Waals surface area contributed by atoms with E-state index >= 15 is 0 Å². The summed E-state index contributed by atoms with van der Waals surface area (Å²) in [5.74, 6) is -3.45. The van der Waals surface area contributed by atoms with Gasteiger partial charge in [0.2, 0.25) is 11.8 Å². The Morgan fingerprint density at radius 1 is 1.03 bits per heavy atom. The summed E-state index contributed by atoms with van der Waals surface area (Å²) in [5.41, 5.74) is 6.52. The molecule has 1 heterocycles. The quantitative estimate of drug-likeness (QED) is 0.670. The molecule has 0 spiro atoms. The minimum Gasteiger partial charge on any atom is -0.370 e. The molecule has 0 aliphatic carbocycles. The number of amides is 3. The van der Waals surface area contributed by atoms with Gasteiger partial charge in [0.25, 0.3) is 5.91 Å². The number of benzene rings is 2. The summed E-state index contributed by atoms with van der Waals surface area (Å²) in [6, 6.07) is 9.63. The molecule has 1 aliphatic rings. The number of primary amides is 1. The van der Waals surface area contributed by atoms with E-state index in [2.05, 4.69) is 15.5 Å². The van der Waals surface area contributed by atoms with Gasteiger partial charge >= 0.3 is 0 Å². The highest BCUT2D eigenvalue weighted by atomic mass is 19.1. The van der Waals surface area contributed by atoms with Crippen molar-refractivity contribution in [2.75, 3.05) is 29.9 Å². The van der Waals surface area contributed by atoms with Gasteiger partial charge in [-0.15, -0.1) is 0 Å². The predicted molar refractivity (Wildman–Crippen MR) is 108 cm³/mol. The first-order chi connectivity index (χ1) is 14.3. The average Bonchev–Trinajstić information content (AvgIpc) is 2.72. The lowest BCUT2D eigenvalue weighted by atomic mass is 9.96. The highest BCUT2D eigenvalue weighted by Gasteiger charge is 2.24. The molecular weight excluding hydrogens is 394 g/mol. The largest absolute Gasteiger partial charge is 0.370 e. The summed E-state index contributed by atoms with van der Waals surface area (Å²) in [6.07, 6.45) is 1.27. The number of hydrogen-bond acceptors (Lipinski definition) is 4. The minimum atomic E-state index is -0.876. The van der Waals surface area contributed by atoms with Crippen molar-refractivity contribution < 1.29 is 23.2 Å². The SMILES string of the molecule is NC(=O)C1CCN(c2ccccc2NC(=O)CNC(=O)c2cc(F)cc(F)c2)CC1. The van der Waals surface area contributed by atoms with Crippen LogP contribution in [0.4, 0.5) is 20.2 Å². The zero-order valence-electron chi connectivity index (χ0n) is 16.2. The van der Waals surface area contributed by atoms with Gasteiger partial charge in [-0.2, -0.15) is 0 Å². The number of hydrogen-bond donors (Lipinski definition) is 3. The number of carbonyl (C=O) groups is 3. The third kappa shape index (κ3) is 5.31. The first kappa shape index (κ1) is 21.2. The van der Waals surface area contributed by atoms with Crippen LogP contribution in [-0.2, 0) is 9.59 Å². The average molecular weight is 416 g/mol. The fourth-order valence-electron chi connectivity index (χ4n) is 3.40. The second-order valence-corrected chi connectivity index (χ2v) is 7.07. The molecule has 1 aliphatic heterocycles.